The molecule has 0 N–H and O–H groups in total. The minimum absolute atomic E-state index is 0.378. The summed E-state index contributed by atoms with van der Waals surface area (Å²) in [6.45, 7) is 4.74. The van der Waals surface area contributed by atoms with Crippen molar-refractivity contribution < 1.29 is 14.3 Å². The van der Waals surface area contributed by atoms with Gasteiger partial charge in [0.25, 0.3) is 0 Å². The Bertz CT molecular complexity index is 894. The van der Waals surface area contributed by atoms with Gasteiger partial charge in [0.1, 0.15) is 11.5 Å². The molecule has 3 heteroatoms. The van der Waals surface area contributed by atoms with E-state index in [1.807, 2.05) is 31.2 Å². The van der Waals surface area contributed by atoms with Gasteiger partial charge in [0.15, 0.2) is 0 Å². The Kier molecular flexibility index (Phi) is 7.46. The minimum atomic E-state index is -0.378. The Hall–Kier alpha value is -3.07. The van der Waals surface area contributed by atoms with Crippen LogP contribution in [-0.4, -0.2) is 12.6 Å². The van der Waals surface area contributed by atoms with E-state index >= 15 is 0 Å². The molecule has 0 heterocycles. The molecule has 0 aliphatic heterocycles. The molecule has 0 spiro atoms. The van der Waals surface area contributed by atoms with E-state index in [1.54, 1.807) is 24.3 Å². The first-order valence-electron chi connectivity index (χ1n) is 10.3. The van der Waals surface area contributed by atoms with Crippen LogP contribution >= 0.6 is 0 Å². The number of benzene rings is 3. The van der Waals surface area contributed by atoms with E-state index in [2.05, 4.69) is 31.2 Å². The minimum Gasteiger partial charge on any atom is -0.494 e. The van der Waals surface area contributed by atoms with Crippen LogP contribution in [0.25, 0.3) is 11.1 Å². The number of hydrogen-bond acceptors (Lipinski definition) is 3. The van der Waals surface area contributed by atoms with Gasteiger partial charge in [0.05, 0.1) is 12.2 Å². The summed E-state index contributed by atoms with van der Waals surface area (Å²) in [5.41, 5.74) is 4.14. The lowest BCUT2D eigenvalue weighted by Crippen LogP contribution is -2.08. The molecule has 3 aromatic carbocycles. The summed E-state index contributed by atoms with van der Waals surface area (Å²) in [5.74, 6) is 0.894. The lowest BCUT2D eigenvalue weighted by molar-refractivity contribution is 0.0734. The maximum Gasteiger partial charge on any atom is 0.343 e. The highest BCUT2D eigenvalue weighted by Gasteiger charge is 2.09. The van der Waals surface area contributed by atoms with Crippen LogP contribution in [0.1, 0.15) is 49.0 Å². The van der Waals surface area contributed by atoms with Crippen LogP contribution in [0.4, 0.5) is 0 Å². The molecule has 0 atom stereocenters. The Morgan fingerprint density at radius 1 is 0.724 bits per heavy atom. The molecular weight excluding hydrogens is 360 g/mol. The predicted octanol–water partition coefficient (Wildman–Crippen LogP) is 6.70. The summed E-state index contributed by atoms with van der Waals surface area (Å²) >= 11 is 0. The van der Waals surface area contributed by atoms with Gasteiger partial charge in [-0.15, -0.1) is 0 Å². The molecule has 0 saturated carbocycles. The van der Waals surface area contributed by atoms with Crippen LogP contribution in [0.2, 0.25) is 0 Å². The number of carbonyl (C=O) groups excluding carboxylic acids is 1. The summed E-state index contributed by atoms with van der Waals surface area (Å²) in [6.07, 6.45) is 4.89. The standard InChI is InChI=1S/C26H28O3/c1-3-5-6-7-20-8-10-21(11-9-20)22-12-18-25(19-13-22)29-26(27)23-14-16-24(17-15-23)28-4-2/h8-19H,3-7H2,1-2H3. The lowest BCUT2D eigenvalue weighted by Gasteiger charge is -2.08. The van der Waals surface area contributed by atoms with Gasteiger partial charge < -0.3 is 9.47 Å². The van der Waals surface area contributed by atoms with Crippen LogP contribution < -0.4 is 9.47 Å². The number of aryl methyl sites for hydroxylation is 1. The lowest BCUT2D eigenvalue weighted by atomic mass is 10.0. The topological polar surface area (TPSA) is 35.5 Å². The van der Waals surface area contributed by atoms with Crippen molar-refractivity contribution in [2.45, 2.75) is 39.5 Å². The van der Waals surface area contributed by atoms with Gasteiger partial charge in [-0.1, -0.05) is 56.2 Å². The molecule has 3 rings (SSSR count). The number of esters is 1. The van der Waals surface area contributed by atoms with Crippen molar-refractivity contribution in [3.63, 3.8) is 0 Å². The monoisotopic (exact) mass is 388 g/mol. The average Bonchev–Trinajstić information content (AvgIpc) is 2.76. The maximum atomic E-state index is 12.3. The highest BCUT2D eigenvalue weighted by Crippen LogP contribution is 2.24. The summed E-state index contributed by atoms with van der Waals surface area (Å²) in [7, 11) is 0. The second-order valence-corrected chi connectivity index (χ2v) is 7.03. The van der Waals surface area contributed by atoms with Crippen LogP contribution in [0.15, 0.2) is 72.8 Å². The van der Waals surface area contributed by atoms with Gasteiger partial charge >= 0.3 is 5.97 Å². The van der Waals surface area contributed by atoms with Crippen molar-refractivity contribution in [1.29, 1.82) is 0 Å². The molecule has 29 heavy (non-hydrogen) atoms. The van der Waals surface area contributed by atoms with E-state index in [9.17, 15) is 4.79 Å². The van der Waals surface area contributed by atoms with E-state index in [-0.39, 0.29) is 5.97 Å². The van der Waals surface area contributed by atoms with E-state index in [0.29, 0.717) is 17.9 Å². The van der Waals surface area contributed by atoms with Crippen molar-refractivity contribution in [2.24, 2.45) is 0 Å². The average molecular weight is 389 g/mol. The molecule has 0 amide bonds. The molecule has 0 radical (unpaired) electrons. The normalized spacial score (nSPS) is 10.6. The second-order valence-electron chi connectivity index (χ2n) is 7.03. The molecule has 0 unspecified atom stereocenters. The molecule has 0 aromatic heterocycles. The fraction of sp³-hybridized carbons (Fsp3) is 0.269. The third-order valence-electron chi connectivity index (χ3n) is 4.82. The number of rotatable bonds is 9. The summed E-state index contributed by atoms with van der Waals surface area (Å²) in [6, 6.07) is 23.3. The van der Waals surface area contributed by atoms with Gasteiger partial charge in [-0.3, -0.25) is 0 Å². The number of carbonyl (C=O) groups is 1. The van der Waals surface area contributed by atoms with Crippen molar-refractivity contribution in [2.75, 3.05) is 6.61 Å². The Morgan fingerprint density at radius 3 is 1.90 bits per heavy atom. The smallest absolute Gasteiger partial charge is 0.343 e. The SMILES string of the molecule is CCCCCc1ccc(-c2ccc(OC(=O)c3ccc(OCC)cc3)cc2)cc1. The first kappa shape index (κ1) is 20.7. The molecule has 0 aliphatic rings. The van der Waals surface area contributed by atoms with Gasteiger partial charge in [-0.05, 0) is 72.9 Å². The summed E-state index contributed by atoms with van der Waals surface area (Å²) in [4.78, 5) is 12.3. The van der Waals surface area contributed by atoms with Gasteiger partial charge in [0.2, 0.25) is 0 Å². The quantitative estimate of drug-likeness (QED) is 0.232. The predicted molar refractivity (Wildman–Crippen MR) is 118 cm³/mol. The summed E-state index contributed by atoms with van der Waals surface area (Å²) < 4.78 is 10.9. The van der Waals surface area contributed by atoms with Crippen molar-refractivity contribution in [3.05, 3.63) is 83.9 Å². The van der Waals surface area contributed by atoms with Crippen molar-refractivity contribution in [3.8, 4) is 22.6 Å². The summed E-state index contributed by atoms with van der Waals surface area (Å²) in [5, 5.41) is 0. The van der Waals surface area contributed by atoms with Gasteiger partial charge in [-0.2, -0.15) is 0 Å². The third-order valence-corrected chi connectivity index (χ3v) is 4.82. The molecule has 0 bridgehead atoms. The zero-order valence-electron chi connectivity index (χ0n) is 17.2. The molecule has 0 saturated heterocycles. The zero-order chi connectivity index (χ0) is 20.5. The van der Waals surface area contributed by atoms with E-state index in [0.717, 1.165) is 23.3 Å². The first-order chi connectivity index (χ1) is 14.2. The Morgan fingerprint density at radius 2 is 1.31 bits per heavy atom. The fourth-order valence-corrected chi connectivity index (χ4v) is 3.18. The van der Waals surface area contributed by atoms with Crippen LogP contribution in [0.3, 0.4) is 0 Å². The molecule has 3 nitrogen and oxygen atoms in total. The van der Waals surface area contributed by atoms with Crippen molar-refractivity contribution in [1.82, 2.24) is 0 Å². The highest BCUT2D eigenvalue weighted by atomic mass is 16.5. The zero-order valence-corrected chi connectivity index (χ0v) is 17.2. The number of unbranched alkanes of at least 4 members (excludes halogenated alkanes) is 2. The Balaban J connectivity index is 1.60. The van der Waals surface area contributed by atoms with Crippen LogP contribution in [0.5, 0.6) is 11.5 Å². The van der Waals surface area contributed by atoms with E-state index in [4.69, 9.17) is 9.47 Å². The molecule has 0 aliphatic carbocycles. The fourth-order valence-electron chi connectivity index (χ4n) is 3.18. The number of ether oxygens (including phenoxy) is 2. The van der Waals surface area contributed by atoms with Crippen molar-refractivity contribution >= 4 is 5.97 Å². The van der Waals surface area contributed by atoms with Gasteiger partial charge in [-0.25, -0.2) is 4.79 Å². The molecule has 150 valence electrons. The molecular formula is C26H28O3. The second kappa shape index (κ2) is 10.5. The van der Waals surface area contributed by atoms with Crippen LogP contribution in [-0.2, 0) is 6.42 Å². The molecule has 3 aromatic rings. The van der Waals surface area contributed by atoms with Crippen LogP contribution in [0, 0.1) is 0 Å². The first-order valence-corrected chi connectivity index (χ1v) is 10.3. The maximum absolute atomic E-state index is 12.3. The number of hydrogen-bond donors (Lipinski definition) is 0. The largest absolute Gasteiger partial charge is 0.494 e. The van der Waals surface area contributed by atoms with E-state index in [1.165, 1.54) is 24.8 Å². The van der Waals surface area contributed by atoms with Gasteiger partial charge in [0, 0.05) is 0 Å². The molecule has 0 fully saturated rings. The highest BCUT2D eigenvalue weighted by molar-refractivity contribution is 5.91. The Labute approximate surface area is 173 Å². The van der Waals surface area contributed by atoms with E-state index < -0.39 is 0 Å². The third kappa shape index (κ3) is 5.95.